The monoisotopic (exact) mass is 252 g/mol. The summed E-state index contributed by atoms with van der Waals surface area (Å²) >= 11 is 0. The number of nitrogens with zero attached hydrogens (tertiary/aromatic N) is 3. The molecular formula is C15H16N4. The summed E-state index contributed by atoms with van der Waals surface area (Å²) in [7, 11) is 1.96. The molecule has 2 aromatic carbocycles. The Balaban J connectivity index is 1.97. The third kappa shape index (κ3) is 2.35. The summed E-state index contributed by atoms with van der Waals surface area (Å²) in [6, 6.07) is 16.4. The van der Waals surface area contributed by atoms with Crippen molar-refractivity contribution < 1.29 is 0 Å². The Morgan fingerprint density at radius 1 is 1.00 bits per heavy atom. The number of hydrogen-bond acceptors (Lipinski definition) is 3. The van der Waals surface area contributed by atoms with Crippen molar-refractivity contribution >= 4 is 11.0 Å². The predicted octanol–water partition coefficient (Wildman–Crippen LogP) is 2.20. The number of nitrogens with one attached hydrogen (secondary N) is 1. The quantitative estimate of drug-likeness (QED) is 0.774. The minimum absolute atomic E-state index is 0.748. The van der Waals surface area contributed by atoms with Gasteiger partial charge in [-0.3, -0.25) is 0 Å². The summed E-state index contributed by atoms with van der Waals surface area (Å²) in [5, 5.41) is 11.6. The maximum atomic E-state index is 4.24. The van der Waals surface area contributed by atoms with Gasteiger partial charge in [-0.25, -0.2) is 4.68 Å². The number of benzene rings is 2. The summed E-state index contributed by atoms with van der Waals surface area (Å²) in [5.74, 6) is 0. The van der Waals surface area contributed by atoms with E-state index in [1.165, 1.54) is 11.1 Å². The van der Waals surface area contributed by atoms with E-state index >= 15 is 0 Å². The SMILES string of the molecule is CNCc1ccccc1Cn1nnc2ccccc21. The third-order valence-electron chi connectivity index (χ3n) is 3.23. The summed E-state index contributed by atoms with van der Waals surface area (Å²) < 4.78 is 1.95. The van der Waals surface area contributed by atoms with Gasteiger partial charge in [-0.2, -0.15) is 0 Å². The molecule has 0 saturated heterocycles. The highest BCUT2D eigenvalue weighted by Crippen LogP contribution is 2.14. The first-order valence-corrected chi connectivity index (χ1v) is 6.38. The molecule has 1 N–H and O–H groups in total. The van der Waals surface area contributed by atoms with Crippen LogP contribution in [-0.2, 0) is 13.1 Å². The van der Waals surface area contributed by atoms with Gasteiger partial charge in [-0.1, -0.05) is 41.6 Å². The van der Waals surface area contributed by atoms with Gasteiger partial charge in [0, 0.05) is 6.54 Å². The standard InChI is InChI=1S/C15H16N4/c1-16-10-12-6-2-3-7-13(12)11-19-15-9-5-4-8-14(15)17-18-19/h2-9,16H,10-11H2,1H3. The van der Waals surface area contributed by atoms with E-state index in [9.17, 15) is 0 Å². The summed E-state index contributed by atoms with van der Waals surface area (Å²) in [6.07, 6.45) is 0. The fourth-order valence-electron chi connectivity index (χ4n) is 2.27. The maximum absolute atomic E-state index is 4.24. The van der Waals surface area contributed by atoms with Crippen LogP contribution in [0.4, 0.5) is 0 Å². The highest BCUT2D eigenvalue weighted by Gasteiger charge is 2.06. The maximum Gasteiger partial charge on any atom is 0.113 e. The van der Waals surface area contributed by atoms with Gasteiger partial charge in [-0.15, -0.1) is 5.10 Å². The number of rotatable bonds is 4. The van der Waals surface area contributed by atoms with Crippen LogP contribution in [0.2, 0.25) is 0 Å². The number of fused-ring (bicyclic) bond motifs is 1. The van der Waals surface area contributed by atoms with Gasteiger partial charge < -0.3 is 5.32 Å². The minimum atomic E-state index is 0.748. The van der Waals surface area contributed by atoms with Crippen molar-refractivity contribution in [1.82, 2.24) is 20.3 Å². The van der Waals surface area contributed by atoms with E-state index in [1.807, 2.05) is 29.9 Å². The molecule has 19 heavy (non-hydrogen) atoms. The molecule has 96 valence electrons. The molecule has 0 aliphatic carbocycles. The number of para-hydroxylation sites is 1. The molecule has 0 fully saturated rings. The lowest BCUT2D eigenvalue weighted by atomic mass is 10.1. The molecule has 1 aromatic heterocycles. The molecule has 0 atom stereocenters. The van der Waals surface area contributed by atoms with Crippen molar-refractivity contribution in [3.05, 3.63) is 59.7 Å². The van der Waals surface area contributed by atoms with Crippen LogP contribution in [0.25, 0.3) is 11.0 Å². The lowest BCUT2D eigenvalue weighted by Crippen LogP contribution is -2.10. The van der Waals surface area contributed by atoms with E-state index in [0.29, 0.717) is 0 Å². The Labute approximate surface area is 112 Å². The van der Waals surface area contributed by atoms with Gasteiger partial charge in [-0.05, 0) is 30.3 Å². The molecule has 0 spiro atoms. The molecule has 4 nitrogen and oxygen atoms in total. The second kappa shape index (κ2) is 5.20. The molecule has 0 amide bonds. The van der Waals surface area contributed by atoms with Crippen LogP contribution in [0.1, 0.15) is 11.1 Å². The van der Waals surface area contributed by atoms with E-state index in [4.69, 9.17) is 0 Å². The molecule has 0 aliphatic heterocycles. The number of hydrogen-bond donors (Lipinski definition) is 1. The molecule has 3 aromatic rings. The Morgan fingerprint density at radius 2 is 1.74 bits per heavy atom. The van der Waals surface area contributed by atoms with Crippen LogP contribution >= 0.6 is 0 Å². The third-order valence-corrected chi connectivity index (χ3v) is 3.23. The van der Waals surface area contributed by atoms with Crippen molar-refractivity contribution in [3.8, 4) is 0 Å². The van der Waals surface area contributed by atoms with E-state index in [1.54, 1.807) is 0 Å². The Bertz CT molecular complexity index is 687. The summed E-state index contributed by atoms with van der Waals surface area (Å²) in [6.45, 7) is 1.61. The van der Waals surface area contributed by atoms with E-state index in [0.717, 1.165) is 24.1 Å². The Hall–Kier alpha value is -2.20. The predicted molar refractivity (Wildman–Crippen MR) is 75.8 cm³/mol. The highest BCUT2D eigenvalue weighted by molar-refractivity contribution is 5.73. The molecule has 3 rings (SSSR count). The van der Waals surface area contributed by atoms with E-state index in [-0.39, 0.29) is 0 Å². The van der Waals surface area contributed by atoms with Gasteiger partial charge in [0.25, 0.3) is 0 Å². The van der Waals surface area contributed by atoms with Crippen LogP contribution in [-0.4, -0.2) is 22.0 Å². The number of aromatic nitrogens is 3. The fraction of sp³-hybridized carbons (Fsp3) is 0.200. The molecule has 0 aliphatic rings. The normalized spacial score (nSPS) is 11.0. The van der Waals surface area contributed by atoms with Crippen molar-refractivity contribution in [1.29, 1.82) is 0 Å². The Morgan fingerprint density at radius 3 is 2.58 bits per heavy atom. The van der Waals surface area contributed by atoms with Gasteiger partial charge in [0.15, 0.2) is 0 Å². The lowest BCUT2D eigenvalue weighted by molar-refractivity contribution is 0.661. The zero-order valence-corrected chi connectivity index (χ0v) is 10.9. The topological polar surface area (TPSA) is 42.7 Å². The van der Waals surface area contributed by atoms with Crippen LogP contribution in [0, 0.1) is 0 Å². The van der Waals surface area contributed by atoms with Crippen molar-refractivity contribution in [2.24, 2.45) is 0 Å². The fourth-order valence-corrected chi connectivity index (χ4v) is 2.27. The largest absolute Gasteiger partial charge is 0.316 e. The van der Waals surface area contributed by atoms with Gasteiger partial charge in [0.2, 0.25) is 0 Å². The van der Waals surface area contributed by atoms with Crippen LogP contribution < -0.4 is 5.32 Å². The first-order chi connectivity index (χ1) is 9.38. The average Bonchev–Trinajstić information content (AvgIpc) is 2.85. The highest BCUT2D eigenvalue weighted by atomic mass is 15.4. The first-order valence-electron chi connectivity index (χ1n) is 6.38. The molecular weight excluding hydrogens is 236 g/mol. The second-order valence-corrected chi connectivity index (χ2v) is 4.53. The summed E-state index contributed by atoms with van der Waals surface area (Å²) in [5.41, 5.74) is 4.58. The van der Waals surface area contributed by atoms with Crippen LogP contribution in [0.5, 0.6) is 0 Å². The zero-order chi connectivity index (χ0) is 13.1. The molecule has 4 heteroatoms. The minimum Gasteiger partial charge on any atom is -0.316 e. The van der Waals surface area contributed by atoms with Gasteiger partial charge >= 0.3 is 0 Å². The van der Waals surface area contributed by atoms with Gasteiger partial charge in [0.1, 0.15) is 5.52 Å². The summed E-state index contributed by atoms with van der Waals surface area (Å²) in [4.78, 5) is 0. The van der Waals surface area contributed by atoms with Gasteiger partial charge in [0.05, 0.1) is 12.1 Å². The lowest BCUT2D eigenvalue weighted by Gasteiger charge is -2.09. The van der Waals surface area contributed by atoms with Crippen molar-refractivity contribution in [3.63, 3.8) is 0 Å². The average molecular weight is 252 g/mol. The molecule has 0 bridgehead atoms. The van der Waals surface area contributed by atoms with Crippen molar-refractivity contribution in [2.45, 2.75) is 13.1 Å². The van der Waals surface area contributed by atoms with Crippen molar-refractivity contribution in [2.75, 3.05) is 7.05 Å². The molecule has 0 radical (unpaired) electrons. The molecule has 0 unspecified atom stereocenters. The van der Waals surface area contributed by atoms with E-state index < -0.39 is 0 Å². The Kier molecular flexibility index (Phi) is 3.25. The van der Waals surface area contributed by atoms with Crippen LogP contribution in [0.3, 0.4) is 0 Å². The van der Waals surface area contributed by atoms with Crippen LogP contribution in [0.15, 0.2) is 48.5 Å². The molecule has 0 saturated carbocycles. The molecule has 1 heterocycles. The van der Waals surface area contributed by atoms with E-state index in [2.05, 4.69) is 46.0 Å². The first kappa shape index (κ1) is 11.9. The smallest absolute Gasteiger partial charge is 0.113 e. The second-order valence-electron chi connectivity index (χ2n) is 4.53. The zero-order valence-electron chi connectivity index (χ0n) is 10.9.